The summed E-state index contributed by atoms with van der Waals surface area (Å²) in [7, 11) is 0. The van der Waals surface area contributed by atoms with Gasteiger partial charge in [0.15, 0.2) is 0 Å². The summed E-state index contributed by atoms with van der Waals surface area (Å²) in [5, 5.41) is 15.7. The second kappa shape index (κ2) is 8.35. The molecule has 10 heteroatoms. The summed E-state index contributed by atoms with van der Waals surface area (Å²) in [4.78, 5) is 19.9. The second-order valence-corrected chi connectivity index (χ2v) is 7.48. The van der Waals surface area contributed by atoms with Crippen LogP contribution in [0.2, 0.25) is 0 Å². The number of hydrogen-bond donors (Lipinski definition) is 1. The zero-order valence-electron chi connectivity index (χ0n) is 16.4. The number of amides is 1. The first-order valence-corrected chi connectivity index (χ1v) is 9.69. The maximum Gasteiger partial charge on any atom is 0.453 e. The van der Waals surface area contributed by atoms with E-state index in [1.165, 1.54) is 0 Å². The monoisotopic (exact) mass is 408 g/mol. The quantitative estimate of drug-likeness (QED) is 0.819. The zero-order chi connectivity index (χ0) is 21.2. The number of nitrogens with zero attached hydrogens (tertiary/aromatic N) is 5. The molecule has 0 aromatic carbocycles. The molecule has 1 aliphatic rings. The van der Waals surface area contributed by atoms with Crippen molar-refractivity contribution < 1.29 is 18.0 Å². The van der Waals surface area contributed by atoms with Crippen LogP contribution in [0.15, 0.2) is 0 Å². The standard InChI is InChI=1S/C19H23F3N6O/c1-11-14(12(2)28-18(24-11)26-17(27-28)19(20,21)22)8-9-16(29)25-15(10-23)13-6-4-3-5-7-13/h13,15H,3-9H2,1-2H3,(H,25,29). The Morgan fingerprint density at radius 3 is 2.59 bits per heavy atom. The van der Waals surface area contributed by atoms with Crippen molar-refractivity contribution in [2.24, 2.45) is 5.92 Å². The molecule has 0 radical (unpaired) electrons. The second-order valence-electron chi connectivity index (χ2n) is 7.48. The number of carbonyl (C=O) groups is 1. The summed E-state index contributed by atoms with van der Waals surface area (Å²) in [5.41, 5.74) is 1.62. The average Bonchev–Trinajstić information content (AvgIpc) is 3.11. The molecule has 7 nitrogen and oxygen atoms in total. The van der Waals surface area contributed by atoms with Crippen LogP contribution in [0, 0.1) is 31.1 Å². The maximum atomic E-state index is 12.9. The van der Waals surface area contributed by atoms with Crippen molar-refractivity contribution in [3.8, 4) is 6.07 Å². The summed E-state index contributed by atoms with van der Waals surface area (Å²) in [6.07, 6.45) is 0.920. The van der Waals surface area contributed by atoms with E-state index >= 15 is 0 Å². The Hall–Kier alpha value is -2.70. The summed E-state index contributed by atoms with van der Waals surface area (Å²) >= 11 is 0. The number of halogens is 3. The van der Waals surface area contributed by atoms with Gasteiger partial charge in [0.25, 0.3) is 11.6 Å². The first-order chi connectivity index (χ1) is 13.7. The summed E-state index contributed by atoms with van der Waals surface area (Å²) in [6, 6.07) is 1.69. The lowest BCUT2D eigenvalue weighted by molar-refractivity contribution is -0.144. The molecular weight excluding hydrogens is 385 g/mol. The molecule has 0 aliphatic heterocycles. The number of rotatable bonds is 5. The van der Waals surface area contributed by atoms with Crippen LogP contribution in [0.4, 0.5) is 13.2 Å². The summed E-state index contributed by atoms with van der Waals surface area (Å²) < 4.78 is 39.7. The van der Waals surface area contributed by atoms with Crippen molar-refractivity contribution >= 4 is 11.7 Å². The fourth-order valence-electron chi connectivity index (χ4n) is 3.90. The molecule has 3 rings (SSSR count). The Labute approximate surface area is 166 Å². The van der Waals surface area contributed by atoms with Gasteiger partial charge in [0, 0.05) is 17.8 Å². The number of aryl methyl sites for hydroxylation is 2. The van der Waals surface area contributed by atoms with Gasteiger partial charge in [-0.15, -0.1) is 5.10 Å². The van der Waals surface area contributed by atoms with Crippen LogP contribution in [-0.4, -0.2) is 31.5 Å². The van der Waals surface area contributed by atoms with Crippen LogP contribution in [0.5, 0.6) is 0 Å². The predicted molar refractivity (Wildman–Crippen MR) is 97.7 cm³/mol. The highest BCUT2D eigenvalue weighted by atomic mass is 19.4. The van der Waals surface area contributed by atoms with Crippen LogP contribution in [-0.2, 0) is 17.4 Å². The molecule has 1 unspecified atom stereocenters. The van der Waals surface area contributed by atoms with Gasteiger partial charge >= 0.3 is 6.18 Å². The van der Waals surface area contributed by atoms with Crippen molar-refractivity contribution in [3.05, 3.63) is 22.8 Å². The number of fused-ring (bicyclic) bond motifs is 1. The molecule has 1 aliphatic carbocycles. The number of carbonyl (C=O) groups excluding carboxylic acids is 1. The molecule has 1 N–H and O–H groups in total. The highest BCUT2D eigenvalue weighted by molar-refractivity contribution is 5.77. The molecule has 2 aromatic rings. The van der Waals surface area contributed by atoms with Gasteiger partial charge in [0.2, 0.25) is 5.91 Å². The molecule has 0 saturated heterocycles. The Balaban J connectivity index is 1.71. The van der Waals surface area contributed by atoms with Crippen LogP contribution in [0.25, 0.3) is 5.78 Å². The van der Waals surface area contributed by atoms with Crippen molar-refractivity contribution in [1.29, 1.82) is 5.26 Å². The number of aromatic nitrogens is 4. The summed E-state index contributed by atoms with van der Waals surface area (Å²) in [5.74, 6) is -1.44. The number of alkyl halides is 3. The van der Waals surface area contributed by atoms with Gasteiger partial charge in [0.1, 0.15) is 6.04 Å². The molecular formula is C19H23F3N6O. The van der Waals surface area contributed by atoms with E-state index in [1.807, 2.05) is 0 Å². The largest absolute Gasteiger partial charge is 0.453 e. The van der Waals surface area contributed by atoms with Crippen LogP contribution in [0.1, 0.15) is 61.3 Å². The lowest BCUT2D eigenvalue weighted by atomic mass is 9.84. The van der Waals surface area contributed by atoms with Crippen molar-refractivity contribution in [2.75, 3.05) is 0 Å². The number of hydrogen-bond acceptors (Lipinski definition) is 5. The topological polar surface area (TPSA) is 96.0 Å². The van der Waals surface area contributed by atoms with Crippen molar-refractivity contribution in [1.82, 2.24) is 24.9 Å². The molecule has 1 saturated carbocycles. The van der Waals surface area contributed by atoms with E-state index in [1.54, 1.807) is 13.8 Å². The number of nitriles is 1. The average molecular weight is 408 g/mol. The third-order valence-electron chi connectivity index (χ3n) is 5.48. The smallest absolute Gasteiger partial charge is 0.340 e. The predicted octanol–water partition coefficient (Wildman–Crippen LogP) is 3.28. The Morgan fingerprint density at radius 2 is 1.97 bits per heavy atom. The van der Waals surface area contributed by atoms with Gasteiger partial charge in [-0.2, -0.15) is 23.4 Å². The zero-order valence-corrected chi connectivity index (χ0v) is 16.4. The first-order valence-electron chi connectivity index (χ1n) is 9.69. The lowest BCUT2D eigenvalue weighted by Crippen LogP contribution is -2.40. The minimum Gasteiger partial charge on any atom is -0.340 e. The van der Waals surface area contributed by atoms with Crippen LogP contribution < -0.4 is 5.32 Å². The van der Waals surface area contributed by atoms with Gasteiger partial charge in [-0.1, -0.05) is 19.3 Å². The van der Waals surface area contributed by atoms with Gasteiger partial charge < -0.3 is 5.32 Å². The van der Waals surface area contributed by atoms with Crippen LogP contribution in [0.3, 0.4) is 0 Å². The third-order valence-corrected chi connectivity index (χ3v) is 5.48. The molecule has 0 bridgehead atoms. The molecule has 1 atom stereocenters. The highest BCUT2D eigenvalue weighted by Crippen LogP contribution is 2.28. The maximum absolute atomic E-state index is 12.9. The third kappa shape index (κ3) is 4.66. The van der Waals surface area contributed by atoms with Crippen molar-refractivity contribution in [3.63, 3.8) is 0 Å². The van der Waals surface area contributed by atoms with Gasteiger partial charge in [-0.3, -0.25) is 4.79 Å². The van der Waals surface area contributed by atoms with Crippen molar-refractivity contribution in [2.45, 2.75) is 71.0 Å². The van der Waals surface area contributed by atoms with E-state index in [0.717, 1.165) is 36.6 Å². The molecule has 2 aromatic heterocycles. The fourth-order valence-corrected chi connectivity index (χ4v) is 3.90. The Kier molecular flexibility index (Phi) is 6.05. The number of nitrogens with one attached hydrogen (secondary N) is 1. The Bertz CT molecular complexity index is 940. The van der Waals surface area contributed by atoms with E-state index in [-0.39, 0.29) is 30.4 Å². The lowest BCUT2D eigenvalue weighted by Gasteiger charge is -2.26. The fraction of sp³-hybridized carbons (Fsp3) is 0.632. The molecule has 156 valence electrons. The SMILES string of the molecule is Cc1nc2nc(C(F)(F)F)nn2c(C)c1CCC(=O)NC(C#N)C1CCCCC1. The van der Waals surface area contributed by atoms with E-state index in [2.05, 4.69) is 26.5 Å². The molecule has 0 spiro atoms. The van der Waals surface area contributed by atoms with E-state index in [4.69, 9.17) is 0 Å². The van der Waals surface area contributed by atoms with Gasteiger partial charge in [-0.05, 0) is 44.6 Å². The highest BCUT2D eigenvalue weighted by Gasteiger charge is 2.37. The van der Waals surface area contributed by atoms with Gasteiger partial charge in [0.05, 0.1) is 6.07 Å². The summed E-state index contributed by atoms with van der Waals surface area (Å²) in [6.45, 7) is 3.30. The van der Waals surface area contributed by atoms with Crippen LogP contribution >= 0.6 is 0 Å². The molecule has 1 fully saturated rings. The van der Waals surface area contributed by atoms with E-state index < -0.39 is 18.0 Å². The Morgan fingerprint density at radius 1 is 1.28 bits per heavy atom. The minimum atomic E-state index is -4.65. The normalized spacial score (nSPS) is 16.6. The first kappa shape index (κ1) is 21.0. The van der Waals surface area contributed by atoms with E-state index in [9.17, 15) is 23.2 Å². The molecule has 2 heterocycles. The molecule has 1 amide bonds. The minimum absolute atomic E-state index is 0.112. The van der Waals surface area contributed by atoms with E-state index in [0.29, 0.717) is 17.0 Å². The molecule has 29 heavy (non-hydrogen) atoms. The van der Waals surface area contributed by atoms with Gasteiger partial charge in [-0.25, -0.2) is 9.50 Å².